The molecule has 0 amide bonds. The second kappa shape index (κ2) is 9.51. The normalized spacial score (nSPS) is 16.3. The van der Waals surface area contributed by atoms with E-state index in [4.69, 9.17) is 0 Å². The van der Waals surface area contributed by atoms with E-state index >= 15 is 0 Å². The number of hydrogen-bond acceptors (Lipinski definition) is 2. The first-order valence-corrected chi connectivity index (χ1v) is 9.62. The smallest absolute Gasteiger partial charge is 0.191 e. The van der Waals surface area contributed by atoms with Crippen molar-refractivity contribution in [3.63, 3.8) is 0 Å². The van der Waals surface area contributed by atoms with E-state index in [1.165, 1.54) is 11.6 Å². The van der Waals surface area contributed by atoms with Crippen molar-refractivity contribution in [3.05, 3.63) is 71.0 Å². The number of rotatable bonds is 5. The fraction of sp³-hybridized carbons (Fsp3) is 0.409. The third-order valence-corrected chi connectivity index (χ3v) is 5.08. The molecule has 2 aromatic carbocycles. The maximum absolute atomic E-state index is 13.4. The van der Waals surface area contributed by atoms with E-state index in [1.54, 1.807) is 14.0 Å². The lowest BCUT2D eigenvalue weighted by Crippen LogP contribution is -2.48. The summed E-state index contributed by atoms with van der Waals surface area (Å²) in [6.07, 6.45) is 2.20. The zero-order chi connectivity index (χ0) is 19.1. The van der Waals surface area contributed by atoms with Crippen LogP contribution in [0, 0.1) is 12.7 Å². The SMILES string of the molecule is CN=C(NCc1ccc(F)c(C)c1)NC1CCN(Cc2ccccc2)CC1. The minimum Gasteiger partial charge on any atom is -0.354 e. The summed E-state index contributed by atoms with van der Waals surface area (Å²) in [4.78, 5) is 6.84. The maximum Gasteiger partial charge on any atom is 0.191 e. The number of aryl methyl sites for hydroxylation is 1. The zero-order valence-electron chi connectivity index (χ0n) is 16.2. The van der Waals surface area contributed by atoms with Crippen molar-refractivity contribution in [2.24, 2.45) is 4.99 Å². The highest BCUT2D eigenvalue weighted by Crippen LogP contribution is 2.14. The topological polar surface area (TPSA) is 39.7 Å². The Morgan fingerprint density at radius 2 is 1.85 bits per heavy atom. The summed E-state index contributed by atoms with van der Waals surface area (Å²) in [5, 5.41) is 6.86. The molecule has 0 spiro atoms. The lowest BCUT2D eigenvalue weighted by molar-refractivity contribution is 0.198. The van der Waals surface area contributed by atoms with Crippen LogP contribution in [0.3, 0.4) is 0 Å². The first-order valence-electron chi connectivity index (χ1n) is 9.62. The summed E-state index contributed by atoms with van der Waals surface area (Å²) in [5.41, 5.74) is 3.09. The van der Waals surface area contributed by atoms with E-state index in [0.29, 0.717) is 18.2 Å². The van der Waals surface area contributed by atoms with Crippen LogP contribution in [0.5, 0.6) is 0 Å². The Hall–Kier alpha value is -2.40. The zero-order valence-corrected chi connectivity index (χ0v) is 16.2. The molecule has 5 heteroatoms. The predicted molar refractivity (Wildman–Crippen MR) is 109 cm³/mol. The molecule has 0 radical (unpaired) electrons. The van der Waals surface area contributed by atoms with Crippen LogP contribution in [0.15, 0.2) is 53.5 Å². The van der Waals surface area contributed by atoms with Gasteiger partial charge < -0.3 is 10.6 Å². The average Bonchev–Trinajstić information content (AvgIpc) is 2.70. The van der Waals surface area contributed by atoms with Gasteiger partial charge in [-0.3, -0.25) is 9.89 Å². The molecular weight excluding hydrogens is 339 g/mol. The number of nitrogens with one attached hydrogen (secondary N) is 2. The summed E-state index contributed by atoms with van der Waals surface area (Å²) in [6, 6.07) is 16.3. The van der Waals surface area contributed by atoms with Gasteiger partial charge in [-0.1, -0.05) is 42.5 Å². The summed E-state index contributed by atoms with van der Waals surface area (Å²) in [5.74, 6) is 0.641. The predicted octanol–water partition coefficient (Wildman–Crippen LogP) is 3.46. The van der Waals surface area contributed by atoms with E-state index in [9.17, 15) is 4.39 Å². The van der Waals surface area contributed by atoms with Gasteiger partial charge in [-0.25, -0.2) is 4.39 Å². The Morgan fingerprint density at radius 3 is 2.52 bits per heavy atom. The second-order valence-corrected chi connectivity index (χ2v) is 7.19. The van der Waals surface area contributed by atoms with Gasteiger partial charge in [-0.05, 0) is 42.5 Å². The monoisotopic (exact) mass is 368 g/mol. The van der Waals surface area contributed by atoms with Crippen molar-refractivity contribution in [1.29, 1.82) is 0 Å². The number of piperidine rings is 1. The molecule has 1 aliphatic rings. The standard InChI is InChI=1S/C22H29FN4/c1-17-14-19(8-9-21(17)23)15-25-22(24-2)26-20-10-12-27(13-11-20)16-18-6-4-3-5-7-18/h3-9,14,20H,10-13,15-16H2,1-2H3,(H2,24,25,26). The Kier molecular flexibility index (Phi) is 6.82. The van der Waals surface area contributed by atoms with Gasteiger partial charge in [0.05, 0.1) is 0 Å². The molecule has 2 aromatic rings. The molecule has 0 saturated carbocycles. The summed E-state index contributed by atoms with van der Waals surface area (Å²) < 4.78 is 13.4. The Morgan fingerprint density at radius 1 is 1.11 bits per heavy atom. The number of guanidine groups is 1. The minimum absolute atomic E-state index is 0.163. The number of aliphatic imine (C=N–C) groups is 1. The minimum atomic E-state index is -0.163. The van der Waals surface area contributed by atoms with Crippen molar-refractivity contribution >= 4 is 5.96 Å². The molecule has 3 rings (SSSR count). The molecule has 1 aliphatic heterocycles. The van der Waals surface area contributed by atoms with Crippen molar-refractivity contribution in [2.75, 3.05) is 20.1 Å². The molecule has 0 aliphatic carbocycles. The van der Waals surface area contributed by atoms with Gasteiger partial charge in [0.25, 0.3) is 0 Å². The van der Waals surface area contributed by atoms with Crippen LogP contribution >= 0.6 is 0 Å². The number of halogens is 1. The van der Waals surface area contributed by atoms with Gasteiger partial charge >= 0.3 is 0 Å². The highest BCUT2D eigenvalue weighted by Gasteiger charge is 2.20. The first-order chi connectivity index (χ1) is 13.1. The van der Waals surface area contributed by atoms with Gasteiger partial charge in [0, 0.05) is 39.3 Å². The first kappa shape index (κ1) is 19.4. The van der Waals surface area contributed by atoms with Crippen LogP contribution in [0.4, 0.5) is 4.39 Å². The number of likely N-dealkylation sites (tertiary alicyclic amines) is 1. The van der Waals surface area contributed by atoms with Gasteiger partial charge in [0.15, 0.2) is 5.96 Å². The molecule has 27 heavy (non-hydrogen) atoms. The molecule has 1 saturated heterocycles. The van der Waals surface area contributed by atoms with Gasteiger partial charge in [0.1, 0.15) is 5.82 Å². The fourth-order valence-corrected chi connectivity index (χ4v) is 3.47. The molecule has 0 bridgehead atoms. The lowest BCUT2D eigenvalue weighted by Gasteiger charge is -2.33. The average molecular weight is 369 g/mol. The summed E-state index contributed by atoms with van der Waals surface area (Å²) >= 11 is 0. The van der Waals surface area contributed by atoms with Crippen LogP contribution < -0.4 is 10.6 Å². The summed E-state index contributed by atoms with van der Waals surface area (Å²) in [7, 11) is 1.79. The van der Waals surface area contributed by atoms with Crippen LogP contribution in [0.1, 0.15) is 29.5 Å². The number of nitrogens with zero attached hydrogens (tertiary/aromatic N) is 2. The largest absolute Gasteiger partial charge is 0.354 e. The van der Waals surface area contributed by atoms with Gasteiger partial charge in [0.2, 0.25) is 0 Å². The van der Waals surface area contributed by atoms with E-state index in [2.05, 4.69) is 50.9 Å². The third kappa shape index (κ3) is 5.79. The maximum atomic E-state index is 13.4. The van der Waals surface area contributed by atoms with Crippen LogP contribution in [-0.2, 0) is 13.1 Å². The molecule has 0 atom stereocenters. The molecule has 1 heterocycles. The molecular formula is C22H29FN4. The molecule has 0 unspecified atom stereocenters. The van der Waals surface area contributed by atoms with Crippen molar-refractivity contribution in [3.8, 4) is 0 Å². The number of hydrogen-bond donors (Lipinski definition) is 2. The molecule has 4 nitrogen and oxygen atoms in total. The number of benzene rings is 2. The van der Waals surface area contributed by atoms with Crippen molar-refractivity contribution < 1.29 is 4.39 Å². The fourth-order valence-electron chi connectivity index (χ4n) is 3.47. The Balaban J connectivity index is 1.43. The van der Waals surface area contributed by atoms with E-state index in [-0.39, 0.29) is 5.82 Å². The van der Waals surface area contributed by atoms with Crippen LogP contribution in [0.25, 0.3) is 0 Å². The van der Waals surface area contributed by atoms with Crippen molar-refractivity contribution in [1.82, 2.24) is 15.5 Å². The van der Waals surface area contributed by atoms with Gasteiger partial charge in [-0.2, -0.15) is 0 Å². The lowest BCUT2D eigenvalue weighted by atomic mass is 10.0. The molecule has 0 aromatic heterocycles. The molecule has 144 valence electrons. The van der Waals surface area contributed by atoms with Crippen molar-refractivity contribution in [2.45, 2.75) is 38.9 Å². The highest BCUT2D eigenvalue weighted by molar-refractivity contribution is 5.79. The van der Waals surface area contributed by atoms with E-state index in [1.807, 2.05) is 12.1 Å². The van der Waals surface area contributed by atoms with Crippen LogP contribution in [0.2, 0.25) is 0 Å². The van der Waals surface area contributed by atoms with E-state index < -0.39 is 0 Å². The quantitative estimate of drug-likeness (QED) is 0.627. The highest BCUT2D eigenvalue weighted by atomic mass is 19.1. The Labute approximate surface area is 161 Å². The summed E-state index contributed by atoms with van der Waals surface area (Å²) in [6.45, 7) is 5.61. The third-order valence-electron chi connectivity index (χ3n) is 5.08. The Bertz CT molecular complexity index is 752. The van der Waals surface area contributed by atoms with E-state index in [0.717, 1.165) is 44.0 Å². The molecule has 1 fully saturated rings. The van der Waals surface area contributed by atoms with Crippen LogP contribution in [-0.4, -0.2) is 37.0 Å². The second-order valence-electron chi connectivity index (χ2n) is 7.19. The molecule has 2 N–H and O–H groups in total. The van der Waals surface area contributed by atoms with Gasteiger partial charge in [-0.15, -0.1) is 0 Å².